The summed E-state index contributed by atoms with van der Waals surface area (Å²) in [5.41, 5.74) is 1.79. The molecule has 33 heavy (non-hydrogen) atoms. The molecule has 0 bridgehead atoms. The summed E-state index contributed by atoms with van der Waals surface area (Å²) in [6.45, 7) is 3.87. The van der Waals surface area contributed by atoms with Crippen LogP contribution in [0.2, 0.25) is 5.02 Å². The van der Waals surface area contributed by atoms with Crippen molar-refractivity contribution in [1.29, 1.82) is 0 Å². The first-order valence-electron chi connectivity index (χ1n) is 10.7. The van der Waals surface area contributed by atoms with Crippen molar-refractivity contribution in [2.75, 3.05) is 30.4 Å². The Morgan fingerprint density at radius 1 is 1.18 bits per heavy atom. The number of hydrogen-bond acceptors (Lipinski definition) is 8. The van der Waals surface area contributed by atoms with Gasteiger partial charge in [0.25, 0.3) is 5.91 Å². The summed E-state index contributed by atoms with van der Waals surface area (Å²) in [4.78, 5) is 32.5. The molecule has 1 saturated heterocycles. The van der Waals surface area contributed by atoms with Gasteiger partial charge in [-0.05, 0) is 42.9 Å². The van der Waals surface area contributed by atoms with Crippen LogP contribution < -0.4 is 19.7 Å². The molecule has 1 aliphatic heterocycles. The molecule has 3 heterocycles. The Kier molecular flexibility index (Phi) is 5.72. The van der Waals surface area contributed by atoms with Crippen molar-refractivity contribution in [1.82, 2.24) is 19.9 Å². The van der Waals surface area contributed by atoms with Gasteiger partial charge in [0.15, 0.2) is 5.82 Å². The minimum atomic E-state index is -0.424. The monoisotopic (exact) mass is 466 g/mol. The number of carbonyl (C=O) groups is 1. The maximum absolute atomic E-state index is 13.0. The van der Waals surface area contributed by atoms with Gasteiger partial charge in [-0.15, -0.1) is 0 Å². The van der Waals surface area contributed by atoms with E-state index in [9.17, 15) is 4.79 Å². The number of piperidine rings is 1. The second-order valence-electron chi connectivity index (χ2n) is 8.30. The van der Waals surface area contributed by atoms with E-state index < -0.39 is 5.91 Å². The first kappa shape index (κ1) is 21.4. The molecule has 1 aromatic carbocycles. The third-order valence-electron chi connectivity index (χ3n) is 5.86. The number of methoxy groups -OCH3 is 1. The average Bonchev–Trinajstić information content (AvgIpc) is 3.43. The van der Waals surface area contributed by atoms with Crippen LogP contribution in [-0.4, -0.2) is 46.0 Å². The summed E-state index contributed by atoms with van der Waals surface area (Å²) in [6.07, 6.45) is 5.85. The fraction of sp³-hybridized carbons (Fsp3) is 0.348. The van der Waals surface area contributed by atoms with Gasteiger partial charge in [0.2, 0.25) is 11.8 Å². The van der Waals surface area contributed by atoms with E-state index in [2.05, 4.69) is 30.2 Å². The Hall–Kier alpha value is -3.46. The maximum atomic E-state index is 13.0. The molecule has 3 aromatic rings. The van der Waals surface area contributed by atoms with E-state index in [1.165, 1.54) is 18.8 Å². The Bertz CT molecular complexity index is 1180. The van der Waals surface area contributed by atoms with E-state index >= 15 is 0 Å². The normalized spacial score (nSPS) is 18.6. The molecule has 2 fully saturated rings. The summed E-state index contributed by atoms with van der Waals surface area (Å²) in [6, 6.07) is 5.38. The second kappa shape index (κ2) is 8.82. The van der Waals surface area contributed by atoms with Crippen LogP contribution in [0.15, 0.2) is 36.8 Å². The van der Waals surface area contributed by atoms with Crippen LogP contribution in [0.25, 0.3) is 0 Å². The lowest BCUT2D eigenvalue weighted by molar-refractivity contribution is 0.102. The summed E-state index contributed by atoms with van der Waals surface area (Å²) < 4.78 is 11.2. The van der Waals surface area contributed by atoms with E-state index in [4.69, 9.17) is 21.1 Å². The van der Waals surface area contributed by atoms with Gasteiger partial charge in [-0.1, -0.05) is 17.7 Å². The Morgan fingerprint density at radius 3 is 2.70 bits per heavy atom. The van der Waals surface area contributed by atoms with Gasteiger partial charge < -0.3 is 19.7 Å². The molecular weight excluding hydrogens is 444 g/mol. The standard InChI is InChI=1S/C23H23ClN6O3/c1-13-7-26-20(9-25-13)28-21(31)17-8-27-23(30-10-15-6-16(15)11-30)29-22(17)33-12-14-3-4-19(32-2)18(24)5-14/h3-5,7-9,15-16H,6,10-12H2,1-2H3,(H,26,28,31). The van der Waals surface area contributed by atoms with Gasteiger partial charge in [0.1, 0.15) is 17.9 Å². The molecule has 0 radical (unpaired) electrons. The number of aryl methyl sites for hydroxylation is 1. The van der Waals surface area contributed by atoms with Gasteiger partial charge in [-0.3, -0.25) is 9.78 Å². The lowest BCUT2D eigenvalue weighted by Gasteiger charge is -2.19. The molecule has 2 unspecified atom stereocenters. The quantitative estimate of drug-likeness (QED) is 0.564. The minimum Gasteiger partial charge on any atom is -0.495 e. The largest absolute Gasteiger partial charge is 0.495 e. The molecule has 1 amide bonds. The van der Waals surface area contributed by atoms with Gasteiger partial charge in [-0.25, -0.2) is 9.97 Å². The zero-order valence-corrected chi connectivity index (χ0v) is 19.0. The molecule has 1 saturated carbocycles. The summed E-state index contributed by atoms with van der Waals surface area (Å²) >= 11 is 6.23. The number of fused-ring (bicyclic) bond motifs is 1. The summed E-state index contributed by atoms with van der Waals surface area (Å²) in [5, 5.41) is 3.21. The van der Waals surface area contributed by atoms with Crippen LogP contribution in [0.5, 0.6) is 11.6 Å². The highest BCUT2D eigenvalue weighted by atomic mass is 35.5. The summed E-state index contributed by atoms with van der Waals surface area (Å²) in [7, 11) is 1.56. The van der Waals surface area contributed by atoms with E-state index in [1.54, 1.807) is 25.4 Å². The Balaban J connectivity index is 1.38. The van der Waals surface area contributed by atoms with Crippen LogP contribution >= 0.6 is 11.6 Å². The molecule has 2 aromatic heterocycles. The number of hydrogen-bond donors (Lipinski definition) is 1. The van der Waals surface area contributed by atoms with Crippen molar-refractivity contribution in [3.05, 3.63) is 58.6 Å². The van der Waals surface area contributed by atoms with Crippen LogP contribution in [-0.2, 0) is 6.61 Å². The predicted octanol–water partition coefficient (Wildman–Crippen LogP) is 3.52. The average molecular weight is 467 g/mol. The van der Waals surface area contributed by atoms with Gasteiger partial charge >= 0.3 is 0 Å². The third-order valence-corrected chi connectivity index (χ3v) is 6.16. The van der Waals surface area contributed by atoms with E-state index in [0.29, 0.717) is 22.5 Å². The number of carbonyl (C=O) groups excluding carboxylic acids is 1. The molecular formula is C23H23ClN6O3. The number of anilines is 2. The highest BCUT2D eigenvalue weighted by Gasteiger charge is 2.46. The predicted molar refractivity (Wildman–Crippen MR) is 123 cm³/mol. The molecule has 10 heteroatoms. The molecule has 9 nitrogen and oxygen atoms in total. The van der Waals surface area contributed by atoms with Crippen molar-refractivity contribution in [3.63, 3.8) is 0 Å². The highest BCUT2D eigenvalue weighted by Crippen LogP contribution is 2.45. The van der Waals surface area contributed by atoms with Crippen molar-refractivity contribution in [2.45, 2.75) is 20.0 Å². The highest BCUT2D eigenvalue weighted by molar-refractivity contribution is 6.32. The van der Waals surface area contributed by atoms with Crippen molar-refractivity contribution in [2.24, 2.45) is 11.8 Å². The molecule has 170 valence electrons. The fourth-order valence-electron chi connectivity index (χ4n) is 3.93. The molecule has 2 aliphatic rings. The van der Waals surface area contributed by atoms with Crippen molar-refractivity contribution >= 4 is 29.3 Å². The van der Waals surface area contributed by atoms with Crippen molar-refractivity contribution < 1.29 is 14.3 Å². The second-order valence-corrected chi connectivity index (χ2v) is 8.71. The van der Waals surface area contributed by atoms with Crippen LogP contribution in [0.4, 0.5) is 11.8 Å². The molecule has 0 spiro atoms. The van der Waals surface area contributed by atoms with E-state index in [1.807, 2.05) is 13.0 Å². The topological polar surface area (TPSA) is 102 Å². The zero-order valence-electron chi connectivity index (χ0n) is 18.3. The molecule has 1 N–H and O–H groups in total. The fourth-order valence-corrected chi connectivity index (χ4v) is 4.21. The van der Waals surface area contributed by atoms with E-state index in [0.717, 1.165) is 36.2 Å². The minimum absolute atomic E-state index is 0.177. The zero-order chi connectivity index (χ0) is 22.9. The van der Waals surface area contributed by atoms with Crippen LogP contribution in [0.3, 0.4) is 0 Å². The number of rotatable bonds is 7. The lowest BCUT2D eigenvalue weighted by atomic mass is 10.2. The first-order chi connectivity index (χ1) is 16.0. The van der Waals surface area contributed by atoms with E-state index in [-0.39, 0.29) is 18.1 Å². The first-order valence-corrected chi connectivity index (χ1v) is 11.0. The molecule has 5 rings (SSSR count). The number of amides is 1. The molecule has 1 aliphatic carbocycles. The number of benzene rings is 1. The molecule has 2 atom stereocenters. The van der Waals surface area contributed by atoms with Gasteiger partial charge in [0.05, 0.1) is 30.2 Å². The smallest absolute Gasteiger partial charge is 0.263 e. The SMILES string of the molecule is COc1ccc(COc2nc(N3CC4CC4C3)ncc2C(=O)Nc2cnc(C)cn2)cc1Cl. The summed E-state index contributed by atoms with van der Waals surface area (Å²) in [5.74, 6) is 2.71. The number of aromatic nitrogens is 4. The Morgan fingerprint density at radius 2 is 2.00 bits per heavy atom. The number of nitrogens with zero attached hydrogens (tertiary/aromatic N) is 5. The third kappa shape index (κ3) is 4.68. The maximum Gasteiger partial charge on any atom is 0.263 e. The number of nitrogens with one attached hydrogen (secondary N) is 1. The van der Waals surface area contributed by atoms with Gasteiger partial charge in [0, 0.05) is 19.3 Å². The lowest BCUT2D eigenvalue weighted by Crippen LogP contribution is -2.25. The van der Waals surface area contributed by atoms with Gasteiger partial charge in [-0.2, -0.15) is 4.98 Å². The number of halogens is 1. The van der Waals surface area contributed by atoms with Crippen molar-refractivity contribution in [3.8, 4) is 11.6 Å². The Labute approximate surface area is 196 Å². The number of ether oxygens (including phenoxy) is 2. The van der Waals surface area contributed by atoms with Crippen LogP contribution in [0, 0.1) is 18.8 Å². The van der Waals surface area contributed by atoms with Crippen LogP contribution in [0.1, 0.15) is 28.0 Å².